The molecule has 1 aromatic rings. The zero-order valence-corrected chi connectivity index (χ0v) is 12.4. The number of ether oxygens (including phenoxy) is 1. The average molecular weight is 277 g/mol. The first kappa shape index (κ1) is 14.9. The van der Waals surface area contributed by atoms with E-state index in [1.165, 1.54) is 7.11 Å². The number of rotatable bonds is 2. The Kier molecular flexibility index (Phi) is 4.33. The van der Waals surface area contributed by atoms with E-state index in [-0.39, 0.29) is 17.6 Å². The molecule has 1 heterocycles. The van der Waals surface area contributed by atoms with Crippen molar-refractivity contribution in [3.63, 3.8) is 0 Å². The van der Waals surface area contributed by atoms with Gasteiger partial charge in [0, 0.05) is 12.1 Å². The van der Waals surface area contributed by atoms with Crippen molar-refractivity contribution in [2.45, 2.75) is 25.2 Å². The molecule has 1 aliphatic heterocycles. The summed E-state index contributed by atoms with van der Waals surface area (Å²) >= 11 is 0. The molecule has 0 aromatic heterocycles. The largest absolute Gasteiger partial charge is 0.508 e. The van der Waals surface area contributed by atoms with E-state index in [4.69, 9.17) is 4.74 Å². The summed E-state index contributed by atoms with van der Waals surface area (Å²) in [5.74, 6) is 0.00635. The van der Waals surface area contributed by atoms with E-state index < -0.39 is 5.41 Å². The van der Waals surface area contributed by atoms with Gasteiger partial charge in [-0.2, -0.15) is 0 Å². The van der Waals surface area contributed by atoms with Gasteiger partial charge in [-0.05, 0) is 38.4 Å². The number of phenols is 1. The Morgan fingerprint density at radius 1 is 1.45 bits per heavy atom. The van der Waals surface area contributed by atoms with E-state index in [0.717, 1.165) is 19.5 Å². The molecule has 0 amide bonds. The van der Waals surface area contributed by atoms with Gasteiger partial charge in [0.05, 0.1) is 7.11 Å². The van der Waals surface area contributed by atoms with Crippen LogP contribution in [0.2, 0.25) is 0 Å². The molecule has 4 nitrogen and oxygen atoms in total. The summed E-state index contributed by atoms with van der Waals surface area (Å²) in [5.41, 5.74) is -0.0696. The number of benzene rings is 1. The second-order valence-electron chi connectivity index (χ2n) is 5.75. The normalized spacial score (nSPS) is 27.9. The lowest BCUT2D eigenvalue weighted by molar-refractivity contribution is -0.150. The van der Waals surface area contributed by atoms with E-state index in [1.54, 1.807) is 12.1 Å². The second-order valence-corrected chi connectivity index (χ2v) is 5.75. The summed E-state index contributed by atoms with van der Waals surface area (Å²) in [6.07, 6.45) is 1.60. The Morgan fingerprint density at radius 3 is 2.80 bits per heavy atom. The SMILES string of the molecule is COC(=O)C1(c2ccccc2O)CCCN(C)CC1C. The quantitative estimate of drug-likeness (QED) is 0.842. The molecule has 1 saturated heterocycles. The monoisotopic (exact) mass is 277 g/mol. The van der Waals surface area contributed by atoms with Crippen molar-refractivity contribution in [1.29, 1.82) is 0 Å². The summed E-state index contributed by atoms with van der Waals surface area (Å²) in [4.78, 5) is 14.8. The topological polar surface area (TPSA) is 49.8 Å². The Bertz CT molecular complexity index is 488. The number of carbonyl (C=O) groups excluding carboxylic acids is 1. The molecule has 2 rings (SSSR count). The van der Waals surface area contributed by atoms with Crippen molar-refractivity contribution in [3.05, 3.63) is 29.8 Å². The molecule has 0 spiro atoms. The van der Waals surface area contributed by atoms with Crippen LogP contribution in [0.4, 0.5) is 0 Å². The molecule has 110 valence electrons. The van der Waals surface area contributed by atoms with E-state index >= 15 is 0 Å². The lowest BCUT2D eigenvalue weighted by Crippen LogP contribution is -2.44. The van der Waals surface area contributed by atoms with Crippen molar-refractivity contribution in [1.82, 2.24) is 4.90 Å². The van der Waals surface area contributed by atoms with Crippen molar-refractivity contribution in [2.24, 2.45) is 5.92 Å². The highest BCUT2D eigenvalue weighted by Gasteiger charge is 2.48. The van der Waals surface area contributed by atoms with E-state index in [2.05, 4.69) is 18.9 Å². The van der Waals surface area contributed by atoms with Gasteiger partial charge in [0.2, 0.25) is 0 Å². The molecule has 20 heavy (non-hydrogen) atoms. The molecule has 0 bridgehead atoms. The van der Waals surface area contributed by atoms with Crippen molar-refractivity contribution in [2.75, 3.05) is 27.2 Å². The van der Waals surface area contributed by atoms with Crippen LogP contribution in [0.3, 0.4) is 0 Å². The van der Waals surface area contributed by atoms with Gasteiger partial charge >= 0.3 is 5.97 Å². The van der Waals surface area contributed by atoms with Gasteiger partial charge in [-0.1, -0.05) is 25.1 Å². The van der Waals surface area contributed by atoms with Crippen LogP contribution in [0.1, 0.15) is 25.3 Å². The summed E-state index contributed by atoms with van der Waals surface area (Å²) in [6, 6.07) is 7.12. The molecule has 1 aromatic carbocycles. The minimum Gasteiger partial charge on any atom is -0.508 e. The zero-order valence-electron chi connectivity index (χ0n) is 12.4. The third kappa shape index (κ3) is 2.40. The number of nitrogens with zero attached hydrogens (tertiary/aromatic N) is 1. The Morgan fingerprint density at radius 2 is 2.15 bits per heavy atom. The van der Waals surface area contributed by atoms with Gasteiger partial charge in [0.25, 0.3) is 0 Å². The Balaban J connectivity index is 2.56. The molecule has 4 heteroatoms. The van der Waals surface area contributed by atoms with Crippen molar-refractivity contribution >= 4 is 5.97 Å². The fourth-order valence-electron chi connectivity index (χ4n) is 3.44. The molecule has 1 N–H and O–H groups in total. The molecule has 0 aliphatic carbocycles. The molecular weight excluding hydrogens is 254 g/mol. The minimum atomic E-state index is -0.759. The van der Waals surface area contributed by atoms with Gasteiger partial charge in [-0.15, -0.1) is 0 Å². The average Bonchev–Trinajstić information content (AvgIpc) is 2.57. The Hall–Kier alpha value is -1.55. The second kappa shape index (κ2) is 5.83. The summed E-state index contributed by atoms with van der Waals surface area (Å²) in [6.45, 7) is 3.82. The maximum absolute atomic E-state index is 12.6. The van der Waals surface area contributed by atoms with Crippen LogP contribution in [0.25, 0.3) is 0 Å². The fourth-order valence-corrected chi connectivity index (χ4v) is 3.44. The lowest BCUT2D eigenvalue weighted by atomic mass is 9.68. The van der Waals surface area contributed by atoms with Crippen LogP contribution in [0, 0.1) is 5.92 Å². The summed E-state index contributed by atoms with van der Waals surface area (Å²) in [5, 5.41) is 10.2. The number of phenolic OH excluding ortho intramolecular Hbond substituents is 1. The van der Waals surface area contributed by atoms with Crippen LogP contribution in [0.5, 0.6) is 5.75 Å². The smallest absolute Gasteiger partial charge is 0.316 e. The van der Waals surface area contributed by atoms with Crippen LogP contribution in [0.15, 0.2) is 24.3 Å². The standard InChI is InChI=1S/C16H23NO3/c1-12-11-17(2)10-6-9-16(12,15(19)20-3)13-7-4-5-8-14(13)18/h4-5,7-8,12,18H,6,9-11H2,1-3H3. The molecule has 0 radical (unpaired) electrons. The van der Waals surface area contributed by atoms with Gasteiger partial charge in [-0.3, -0.25) is 4.79 Å². The van der Waals surface area contributed by atoms with E-state index in [1.807, 2.05) is 12.1 Å². The minimum absolute atomic E-state index is 0.0794. The zero-order chi connectivity index (χ0) is 14.8. The highest BCUT2D eigenvalue weighted by atomic mass is 16.5. The highest BCUT2D eigenvalue weighted by molar-refractivity contribution is 5.84. The van der Waals surface area contributed by atoms with Crippen LogP contribution in [-0.4, -0.2) is 43.2 Å². The molecule has 1 fully saturated rings. The molecule has 0 saturated carbocycles. The molecule has 2 atom stereocenters. The van der Waals surface area contributed by atoms with Crippen LogP contribution < -0.4 is 0 Å². The van der Waals surface area contributed by atoms with Crippen LogP contribution >= 0.6 is 0 Å². The van der Waals surface area contributed by atoms with E-state index in [0.29, 0.717) is 12.0 Å². The maximum Gasteiger partial charge on any atom is 0.316 e. The summed E-state index contributed by atoms with van der Waals surface area (Å²) < 4.78 is 5.10. The first-order chi connectivity index (χ1) is 9.52. The van der Waals surface area contributed by atoms with Gasteiger partial charge in [0.15, 0.2) is 0 Å². The lowest BCUT2D eigenvalue weighted by Gasteiger charge is -2.36. The number of hydrogen-bond donors (Lipinski definition) is 1. The van der Waals surface area contributed by atoms with E-state index in [9.17, 15) is 9.90 Å². The number of hydrogen-bond acceptors (Lipinski definition) is 4. The number of methoxy groups -OCH3 is 1. The predicted octanol–water partition coefficient (Wildman–Crippen LogP) is 2.16. The third-order valence-electron chi connectivity index (χ3n) is 4.47. The predicted molar refractivity (Wildman–Crippen MR) is 77.7 cm³/mol. The first-order valence-electron chi connectivity index (χ1n) is 7.07. The van der Waals surface area contributed by atoms with Crippen molar-refractivity contribution < 1.29 is 14.6 Å². The highest BCUT2D eigenvalue weighted by Crippen LogP contribution is 2.43. The Labute approximate surface area is 120 Å². The number of para-hydroxylation sites is 1. The third-order valence-corrected chi connectivity index (χ3v) is 4.47. The molecule has 2 unspecified atom stereocenters. The number of esters is 1. The number of likely N-dealkylation sites (tertiary alicyclic amines) is 1. The van der Waals surface area contributed by atoms with Gasteiger partial charge < -0.3 is 14.7 Å². The van der Waals surface area contributed by atoms with Crippen molar-refractivity contribution in [3.8, 4) is 5.75 Å². The summed E-state index contributed by atoms with van der Waals surface area (Å²) in [7, 11) is 3.49. The van der Waals surface area contributed by atoms with Crippen LogP contribution in [-0.2, 0) is 14.9 Å². The first-order valence-corrected chi connectivity index (χ1v) is 7.07. The molecule has 1 aliphatic rings. The van der Waals surface area contributed by atoms with Gasteiger partial charge in [0.1, 0.15) is 11.2 Å². The molecular formula is C16H23NO3. The van der Waals surface area contributed by atoms with Gasteiger partial charge in [-0.25, -0.2) is 0 Å². The maximum atomic E-state index is 12.6. The number of carbonyl (C=O) groups is 1. The number of aromatic hydroxyl groups is 1. The fraction of sp³-hybridized carbons (Fsp3) is 0.562.